The highest BCUT2D eigenvalue weighted by molar-refractivity contribution is 7.38. The van der Waals surface area contributed by atoms with Gasteiger partial charge < -0.3 is 26.1 Å². The van der Waals surface area contributed by atoms with Gasteiger partial charge in [-0.3, -0.25) is 4.98 Å². The number of rotatable bonds is 0. The van der Waals surface area contributed by atoms with Crippen LogP contribution < -0.4 is 11.5 Å². The molecule has 0 spiro atoms. The summed E-state index contributed by atoms with van der Waals surface area (Å²) in [6, 6.07) is 0. The van der Waals surface area contributed by atoms with Gasteiger partial charge in [-0.2, -0.15) is 0 Å². The molecule has 0 unspecified atom stereocenters. The van der Waals surface area contributed by atoms with Crippen LogP contribution in [0.3, 0.4) is 0 Å². The molecule has 0 aromatic carbocycles. The molecule has 1 heterocycles. The molecule has 1 aromatic rings. The van der Waals surface area contributed by atoms with E-state index in [0.717, 1.165) is 0 Å². The van der Waals surface area contributed by atoms with Gasteiger partial charge in [-0.1, -0.05) is 0 Å². The van der Waals surface area contributed by atoms with Crippen molar-refractivity contribution >= 4 is 20.5 Å². The zero-order chi connectivity index (χ0) is 8.85. The first-order chi connectivity index (χ1) is 5.02. The average molecular weight is 181 g/mol. The predicted octanol–water partition coefficient (Wildman–Crippen LogP) is -1.84. The fourth-order valence-electron chi connectivity index (χ4n) is 0.289. The zero-order valence-corrected chi connectivity index (χ0v) is 6.23. The lowest BCUT2D eigenvalue weighted by Gasteiger charge is -1.76. The molecule has 8 nitrogen and oxygen atoms in total. The monoisotopic (exact) mass is 181 g/mol. The van der Waals surface area contributed by atoms with Crippen LogP contribution in [0.4, 0.5) is 11.9 Å². The summed E-state index contributed by atoms with van der Waals surface area (Å²) in [6.45, 7) is 0. The van der Waals surface area contributed by atoms with Crippen LogP contribution in [0.1, 0.15) is 0 Å². The summed E-state index contributed by atoms with van der Waals surface area (Å²) in [5, 5.41) is 6.73. The molecule has 0 aliphatic heterocycles. The van der Waals surface area contributed by atoms with Crippen molar-refractivity contribution in [2.24, 2.45) is 0 Å². The first kappa shape index (κ1) is 10.0. The van der Waals surface area contributed by atoms with Crippen LogP contribution in [-0.4, -0.2) is 29.9 Å². The normalized spacial score (nSPS) is 9.09. The molecule has 0 atom stereocenters. The largest absolute Gasteiger partial charge is 0.368 e. The standard InChI is InChI=1S/C2H5N5.H3O3P/c3-1-5-2(4)7-6-1;1-4(2)3/h(H5,3,4,5,6,7);1-3H. The fourth-order valence-corrected chi connectivity index (χ4v) is 0.289. The van der Waals surface area contributed by atoms with Crippen molar-refractivity contribution in [2.75, 3.05) is 11.5 Å². The van der Waals surface area contributed by atoms with E-state index in [-0.39, 0.29) is 11.9 Å². The van der Waals surface area contributed by atoms with E-state index in [2.05, 4.69) is 15.2 Å². The molecule has 0 aliphatic rings. The maximum atomic E-state index is 7.23. The van der Waals surface area contributed by atoms with Crippen molar-refractivity contribution in [1.82, 2.24) is 15.2 Å². The maximum Gasteiger partial charge on any atom is 0.324 e. The average Bonchev–Trinajstić information content (AvgIpc) is 2.13. The van der Waals surface area contributed by atoms with Crippen LogP contribution in [0.25, 0.3) is 0 Å². The van der Waals surface area contributed by atoms with Crippen LogP contribution in [0.15, 0.2) is 0 Å². The smallest absolute Gasteiger partial charge is 0.324 e. The van der Waals surface area contributed by atoms with Crippen molar-refractivity contribution in [1.29, 1.82) is 0 Å². The molecule has 0 amide bonds. The minimum atomic E-state index is -2.62. The number of anilines is 2. The molecule has 0 aliphatic carbocycles. The van der Waals surface area contributed by atoms with E-state index in [4.69, 9.17) is 26.1 Å². The second-order valence-corrected chi connectivity index (χ2v) is 1.90. The highest BCUT2D eigenvalue weighted by Gasteiger charge is 1.87. The van der Waals surface area contributed by atoms with Crippen LogP contribution in [0.2, 0.25) is 0 Å². The van der Waals surface area contributed by atoms with Gasteiger partial charge in [-0.05, 0) is 0 Å². The van der Waals surface area contributed by atoms with Crippen LogP contribution in [0, 0.1) is 0 Å². The fraction of sp³-hybridized carbons (Fsp3) is 0. The van der Waals surface area contributed by atoms with E-state index in [1.54, 1.807) is 0 Å². The molecule has 0 fully saturated rings. The molecule has 9 heteroatoms. The van der Waals surface area contributed by atoms with Gasteiger partial charge in [-0.25, -0.2) is 0 Å². The van der Waals surface area contributed by atoms with E-state index in [9.17, 15) is 0 Å². The van der Waals surface area contributed by atoms with Crippen molar-refractivity contribution in [3.8, 4) is 0 Å². The number of H-pyrrole nitrogens is 1. The Morgan fingerprint density at radius 3 is 1.45 bits per heavy atom. The Morgan fingerprint density at radius 2 is 1.36 bits per heavy atom. The van der Waals surface area contributed by atoms with E-state index < -0.39 is 8.60 Å². The molecule has 0 saturated carbocycles. The minimum Gasteiger partial charge on any atom is -0.368 e. The lowest BCUT2D eigenvalue weighted by atomic mass is 11.0. The van der Waals surface area contributed by atoms with Gasteiger partial charge in [0.05, 0.1) is 0 Å². The Morgan fingerprint density at radius 1 is 1.09 bits per heavy atom. The third kappa shape index (κ3) is 6.94. The third-order valence-corrected chi connectivity index (χ3v) is 0.522. The van der Waals surface area contributed by atoms with Gasteiger partial charge in [0.25, 0.3) is 0 Å². The predicted molar refractivity (Wildman–Crippen MR) is 38.8 cm³/mol. The number of aromatic amines is 1. The van der Waals surface area contributed by atoms with Crippen molar-refractivity contribution in [3.05, 3.63) is 0 Å². The van der Waals surface area contributed by atoms with Gasteiger partial charge in [-0.15, -0.1) is 10.2 Å². The number of nitrogen functional groups attached to an aromatic ring is 2. The van der Waals surface area contributed by atoms with Gasteiger partial charge >= 0.3 is 8.60 Å². The maximum absolute atomic E-state index is 7.23. The molecule has 64 valence electrons. The second-order valence-electron chi connectivity index (χ2n) is 1.36. The summed E-state index contributed by atoms with van der Waals surface area (Å²) >= 11 is 0. The molecular formula is C2H8N5O3P. The highest BCUT2D eigenvalue weighted by Crippen LogP contribution is 2.11. The van der Waals surface area contributed by atoms with Crippen LogP contribution in [-0.2, 0) is 0 Å². The number of aromatic nitrogens is 3. The lowest BCUT2D eigenvalue weighted by Crippen LogP contribution is -1.87. The van der Waals surface area contributed by atoms with Gasteiger partial charge in [0.1, 0.15) is 0 Å². The van der Waals surface area contributed by atoms with Crippen molar-refractivity contribution < 1.29 is 14.7 Å². The quantitative estimate of drug-likeness (QED) is 0.257. The van der Waals surface area contributed by atoms with Crippen molar-refractivity contribution in [3.63, 3.8) is 0 Å². The first-order valence-corrected chi connectivity index (χ1v) is 3.52. The summed E-state index contributed by atoms with van der Waals surface area (Å²) in [5.74, 6) is 0.495. The first-order valence-electron chi connectivity index (χ1n) is 2.32. The molecule has 1 aromatic heterocycles. The Kier molecular flexibility index (Phi) is 4.39. The number of nitrogens with one attached hydrogen (secondary N) is 1. The Labute approximate surface area is 62.9 Å². The minimum absolute atomic E-state index is 0.248. The summed E-state index contributed by atoms with van der Waals surface area (Å²) in [5.41, 5.74) is 10.1. The van der Waals surface area contributed by atoms with Gasteiger partial charge in [0.15, 0.2) is 0 Å². The topological polar surface area (TPSA) is 154 Å². The Bertz CT molecular complexity index is 182. The van der Waals surface area contributed by atoms with Crippen LogP contribution >= 0.6 is 8.60 Å². The highest BCUT2D eigenvalue weighted by atomic mass is 31.2. The molecule has 0 bridgehead atoms. The summed E-state index contributed by atoms with van der Waals surface area (Å²) < 4.78 is 0. The summed E-state index contributed by atoms with van der Waals surface area (Å²) in [4.78, 5) is 24.2. The zero-order valence-electron chi connectivity index (χ0n) is 5.34. The van der Waals surface area contributed by atoms with E-state index >= 15 is 0 Å². The summed E-state index contributed by atoms with van der Waals surface area (Å²) in [6.07, 6.45) is 0. The number of hydrogen-bond acceptors (Lipinski definition) is 7. The molecule has 1 rings (SSSR count). The third-order valence-electron chi connectivity index (χ3n) is 0.522. The van der Waals surface area contributed by atoms with Gasteiger partial charge in [0.2, 0.25) is 11.9 Å². The molecule has 0 saturated heterocycles. The van der Waals surface area contributed by atoms with E-state index in [0.29, 0.717) is 0 Å². The van der Waals surface area contributed by atoms with Crippen LogP contribution in [0.5, 0.6) is 0 Å². The van der Waals surface area contributed by atoms with E-state index in [1.165, 1.54) is 0 Å². The Hall–Kier alpha value is -0.950. The number of hydrogen-bond donors (Lipinski definition) is 6. The number of nitrogens with zero attached hydrogens (tertiary/aromatic N) is 2. The second kappa shape index (κ2) is 4.80. The molecule has 0 radical (unpaired) electrons. The lowest BCUT2D eigenvalue weighted by molar-refractivity contribution is 0.368. The van der Waals surface area contributed by atoms with Gasteiger partial charge in [0, 0.05) is 0 Å². The van der Waals surface area contributed by atoms with E-state index in [1.807, 2.05) is 0 Å². The van der Waals surface area contributed by atoms with Crippen molar-refractivity contribution in [2.45, 2.75) is 0 Å². The summed E-state index contributed by atoms with van der Waals surface area (Å²) in [7, 11) is -2.62. The molecular weight excluding hydrogens is 173 g/mol. The number of nitrogens with two attached hydrogens (primary N) is 2. The Balaban J connectivity index is 0.000000218. The SMILES string of the molecule is Nc1nnc(N)[nH]1.OP(O)O. The molecule has 11 heavy (non-hydrogen) atoms. The molecule has 8 N–H and O–H groups in total.